The van der Waals surface area contributed by atoms with Gasteiger partial charge in [0.25, 0.3) is 5.24 Å². The lowest BCUT2D eigenvalue weighted by Gasteiger charge is -2.35. The number of nitrogens with zero attached hydrogens (tertiary/aromatic N) is 5. The van der Waals surface area contributed by atoms with Crippen LogP contribution in [-0.2, 0) is 11.3 Å². The zero-order valence-corrected chi connectivity index (χ0v) is 16.1. The van der Waals surface area contributed by atoms with Gasteiger partial charge in [-0.2, -0.15) is 0 Å². The van der Waals surface area contributed by atoms with Crippen molar-refractivity contribution < 1.29 is 18.4 Å². The Morgan fingerprint density at radius 3 is 2.39 bits per heavy atom. The summed E-state index contributed by atoms with van der Waals surface area (Å²) in [6, 6.07) is 2.38. The molecule has 1 aliphatic heterocycles. The third-order valence-corrected chi connectivity index (χ3v) is 4.52. The SMILES string of the molecule is CC(=O)CN1CCN(c2c(F)cc(-n3cc(CNC(=O)S)nn3)cc2F)CC1. The van der Waals surface area contributed by atoms with Crippen molar-refractivity contribution in [2.75, 3.05) is 37.6 Å². The second kappa shape index (κ2) is 8.65. The lowest BCUT2D eigenvalue weighted by Crippen LogP contribution is -2.48. The van der Waals surface area contributed by atoms with Crippen LogP contribution in [0.5, 0.6) is 0 Å². The van der Waals surface area contributed by atoms with Gasteiger partial charge in [0.15, 0.2) is 11.6 Å². The van der Waals surface area contributed by atoms with Gasteiger partial charge in [-0.15, -0.1) is 5.10 Å². The Morgan fingerprint density at radius 1 is 1.18 bits per heavy atom. The molecule has 3 rings (SSSR count). The van der Waals surface area contributed by atoms with Gasteiger partial charge in [0.2, 0.25) is 0 Å². The second-order valence-electron chi connectivity index (χ2n) is 6.54. The summed E-state index contributed by atoms with van der Waals surface area (Å²) in [6.07, 6.45) is 1.47. The van der Waals surface area contributed by atoms with Crippen molar-refractivity contribution in [3.8, 4) is 5.69 Å². The van der Waals surface area contributed by atoms with Crippen molar-refractivity contribution in [3.63, 3.8) is 0 Å². The molecular weight excluding hydrogens is 390 g/mol. The fourth-order valence-electron chi connectivity index (χ4n) is 3.10. The van der Waals surface area contributed by atoms with Gasteiger partial charge < -0.3 is 10.2 Å². The molecule has 8 nitrogen and oxygen atoms in total. The maximum Gasteiger partial charge on any atom is 0.276 e. The summed E-state index contributed by atoms with van der Waals surface area (Å²) in [5, 5.41) is 9.61. The topological polar surface area (TPSA) is 83.4 Å². The molecule has 150 valence electrons. The van der Waals surface area contributed by atoms with Crippen LogP contribution < -0.4 is 10.2 Å². The number of carbonyl (C=O) groups excluding carboxylic acids is 2. The van der Waals surface area contributed by atoms with Crippen LogP contribution >= 0.6 is 12.6 Å². The number of nitrogens with one attached hydrogen (secondary N) is 1. The minimum absolute atomic E-state index is 0.0660. The molecule has 1 amide bonds. The van der Waals surface area contributed by atoms with Crippen molar-refractivity contribution in [1.29, 1.82) is 0 Å². The maximum absolute atomic E-state index is 14.7. The van der Waals surface area contributed by atoms with Gasteiger partial charge in [-0.1, -0.05) is 17.8 Å². The van der Waals surface area contributed by atoms with Crippen LogP contribution in [0.4, 0.5) is 19.3 Å². The van der Waals surface area contributed by atoms with Crippen molar-refractivity contribution in [2.45, 2.75) is 13.5 Å². The number of ketones is 1. The Kier molecular flexibility index (Phi) is 6.25. The van der Waals surface area contributed by atoms with Crippen LogP contribution in [0.15, 0.2) is 18.3 Å². The largest absolute Gasteiger partial charge is 0.364 e. The highest BCUT2D eigenvalue weighted by Gasteiger charge is 2.24. The fourth-order valence-corrected chi connectivity index (χ4v) is 3.18. The second-order valence-corrected chi connectivity index (χ2v) is 6.94. The van der Waals surface area contributed by atoms with Crippen LogP contribution in [0, 0.1) is 11.6 Å². The molecule has 0 atom stereocenters. The number of rotatable bonds is 6. The van der Waals surface area contributed by atoms with E-state index in [9.17, 15) is 18.4 Å². The molecule has 2 heterocycles. The molecule has 1 N–H and O–H groups in total. The first-order valence-corrected chi connectivity index (χ1v) is 9.12. The lowest BCUT2D eigenvalue weighted by molar-refractivity contribution is -0.118. The Hall–Kier alpha value is -2.53. The molecule has 0 unspecified atom stereocenters. The summed E-state index contributed by atoms with van der Waals surface area (Å²) in [5.41, 5.74) is 0.521. The van der Waals surface area contributed by atoms with Crippen LogP contribution in [0.2, 0.25) is 0 Å². The molecule has 0 bridgehead atoms. The molecule has 28 heavy (non-hydrogen) atoms. The van der Waals surface area contributed by atoms with Crippen LogP contribution in [0.25, 0.3) is 5.69 Å². The predicted molar refractivity (Wildman–Crippen MR) is 102 cm³/mol. The fraction of sp³-hybridized carbons (Fsp3) is 0.412. The lowest BCUT2D eigenvalue weighted by atomic mass is 10.2. The smallest absolute Gasteiger partial charge is 0.276 e. The third kappa shape index (κ3) is 4.84. The predicted octanol–water partition coefficient (Wildman–Crippen LogP) is 1.40. The normalized spacial score (nSPS) is 14.9. The van der Waals surface area contributed by atoms with Gasteiger partial charge in [0, 0.05) is 38.3 Å². The first-order chi connectivity index (χ1) is 13.3. The maximum atomic E-state index is 14.7. The zero-order chi connectivity index (χ0) is 20.3. The number of hydrogen-bond acceptors (Lipinski definition) is 6. The number of aromatic nitrogens is 3. The van der Waals surface area contributed by atoms with E-state index in [4.69, 9.17) is 0 Å². The number of piperazine rings is 1. The zero-order valence-electron chi connectivity index (χ0n) is 15.2. The Morgan fingerprint density at radius 2 is 1.82 bits per heavy atom. The van der Waals surface area contributed by atoms with Crippen molar-refractivity contribution in [3.05, 3.63) is 35.7 Å². The number of Topliss-reactive ketones (excluding diaryl/α,β-unsaturated/α-hetero) is 1. The Labute approximate surface area is 165 Å². The van der Waals surface area contributed by atoms with Gasteiger partial charge in [0.1, 0.15) is 17.2 Å². The first-order valence-electron chi connectivity index (χ1n) is 8.67. The summed E-state index contributed by atoms with van der Waals surface area (Å²) >= 11 is 3.59. The average Bonchev–Trinajstić information content (AvgIpc) is 3.09. The molecule has 0 spiro atoms. The average molecular weight is 410 g/mol. The number of thiol groups is 1. The van der Waals surface area contributed by atoms with E-state index in [0.29, 0.717) is 38.4 Å². The van der Waals surface area contributed by atoms with Crippen molar-refractivity contribution in [2.24, 2.45) is 0 Å². The van der Waals surface area contributed by atoms with E-state index in [-0.39, 0.29) is 23.7 Å². The number of halogens is 2. The highest BCUT2D eigenvalue weighted by molar-refractivity contribution is 7.96. The molecule has 0 radical (unpaired) electrons. The number of carbonyl (C=O) groups is 2. The number of benzene rings is 1. The minimum Gasteiger partial charge on any atom is -0.364 e. The summed E-state index contributed by atoms with van der Waals surface area (Å²) < 4.78 is 30.6. The van der Waals surface area contributed by atoms with E-state index in [1.807, 2.05) is 4.90 Å². The molecule has 1 aromatic carbocycles. The molecule has 1 fully saturated rings. The van der Waals surface area contributed by atoms with Gasteiger partial charge >= 0.3 is 0 Å². The molecule has 2 aromatic rings. The van der Waals surface area contributed by atoms with Crippen LogP contribution in [0.1, 0.15) is 12.6 Å². The summed E-state index contributed by atoms with van der Waals surface area (Å²) in [5.74, 6) is -1.33. The van der Waals surface area contributed by atoms with E-state index in [1.54, 1.807) is 4.90 Å². The standard InChI is InChI=1S/C17H20F2N6O2S/c1-11(26)9-23-2-4-24(5-3-23)16-14(18)6-13(7-15(16)19)25-10-12(21-22-25)8-20-17(27)28/h6-7,10H,2-5,8-9H2,1H3,(H2,20,27,28). The van der Waals surface area contributed by atoms with Crippen LogP contribution in [0.3, 0.4) is 0 Å². The van der Waals surface area contributed by atoms with Gasteiger partial charge in [-0.25, -0.2) is 13.5 Å². The molecule has 0 saturated carbocycles. The molecule has 1 aliphatic rings. The van der Waals surface area contributed by atoms with E-state index in [1.165, 1.54) is 29.9 Å². The highest BCUT2D eigenvalue weighted by atomic mass is 32.1. The number of anilines is 1. The Balaban J connectivity index is 1.73. The van der Waals surface area contributed by atoms with Gasteiger partial charge in [-0.3, -0.25) is 14.5 Å². The molecule has 11 heteroatoms. The van der Waals surface area contributed by atoms with Gasteiger partial charge in [0.05, 0.1) is 25.0 Å². The van der Waals surface area contributed by atoms with Gasteiger partial charge in [-0.05, 0) is 6.92 Å². The number of hydrogen-bond donors (Lipinski definition) is 2. The monoisotopic (exact) mass is 410 g/mol. The van der Waals surface area contributed by atoms with Crippen LogP contribution in [-0.4, -0.2) is 63.6 Å². The van der Waals surface area contributed by atoms with E-state index >= 15 is 0 Å². The molecule has 0 aliphatic carbocycles. The van der Waals surface area contributed by atoms with Crippen molar-refractivity contribution in [1.82, 2.24) is 25.2 Å². The Bertz CT molecular complexity index is 859. The number of amides is 1. The summed E-state index contributed by atoms with van der Waals surface area (Å²) in [4.78, 5) is 25.6. The molecule has 1 aromatic heterocycles. The summed E-state index contributed by atoms with van der Waals surface area (Å²) in [6.45, 7) is 3.95. The molecule has 1 saturated heterocycles. The van der Waals surface area contributed by atoms with E-state index < -0.39 is 16.9 Å². The summed E-state index contributed by atoms with van der Waals surface area (Å²) in [7, 11) is 0. The quantitative estimate of drug-likeness (QED) is 0.701. The highest BCUT2D eigenvalue weighted by Crippen LogP contribution is 2.27. The minimum atomic E-state index is -0.698. The first kappa shape index (κ1) is 20.2. The van der Waals surface area contributed by atoms with E-state index in [2.05, 4.69) is 28.3 Å². The molecular formula is C17H20F2N6O2S. The van der Waals surface area contributed by atoms with E-state index in [0.717, 1.165) is 0 Å². The third-order valence-electron chi connectivity index (χ3n) is 4.36. The van der Waals surface area contributed by atoms with Crippen molar-refractivity contribution >= 4 is 29.3 Å².